The van der Waals surface area contributed by atoms with Crippen LogP contribution in [-0.2, 0) is 0 Å². The molecule has 0 saturated carbocycles. The van der Waals surface area contributed by atoms with Gasteiger partial charge in [-0.05, 0) is 0 Å². The maximum absolute atomic E-state index is 11.0. The molecule has 1 aromatic heterocycles. The van der Waals surface area contributed by atoms with Crippen molar-refractivity contribution in [3.8, 4) is 5.88 Å². The summed E-state index contributed by atoms with van der Waals surface area (Å²) in [5, 5.41) is 29.9. The van der Waals surface area contributed by atoms with Gasteiger partial charge in [0.1, 0.15) is 6.33 Å². The minimum absolute atomic E-state index is 0.0300. The number of aromatic nitrogens is 2. The summed E-state index contributed by atoms with van der Waals surface area (Å²) in [5.74, 6) is -0.122. The van der Waals surface area contributed by atoms with Crippen molar-refractivity contribution < 1.29 is 19.9 Å². The Bertz CT molecular complexity index is 458. The Morgan fingerprint density at radius 1 is 1.44 bits per heavy atom. The molecule has 0 amide bonds. The minimum atomic E-state index is -0.953. The van der Waals surface area contributed by atoms with Gasteiger partial charge in [0.25, 0.3) is 5.88 Å². The van der Waals surface area contributed by atoms with Crippen LogP contribution in [-0.4, -0.2) is 57.5 Å². The van der Waals surface area contributed by atoms with E-state index in [4.69, 9.17) is 4.74 Å². The van der Waals surface area contributed by atoms with Gasteiger partial charge in [-0.25, -0.2) is 4.98 Å². The second-order valence-corrected chi connectivity index (χ2v) is 3.85. The molecule has 0 spiro atoms. The smallest absolute Gasteiger partial charge is 0.372 e. The quantitative estimate of drug-likeness (QED) is 0.518. The van der Waals surface area contributed by atoms with Crippen molar-refractivity contribution in [2.24, 2.45) is 0 Å². The number of aliphatic hydroxyl groups is 2. The van der Waals surface area contributed by atoms with E-state index in [1.165, 1.54) is 12.0 Å². The SMILES string of the molecule is COc1ncnc(N2CC(O)C(O)C2)c1[N+](=O)[O-]. The lowest BCUT2D eigenvalue weighted by atomic mass is 10.3. The summed E-state index contributed by atoms with van der Waals surface area (Å²) in [5.41, 5.74) is -0.374. The van der Waals surface area contributed by atoms with Gasteiger partial charge < -0.3 is 19.8 Å². The number of hydrogen-bond donors (Lipinski definition) is 2. The van der Waals surface area contributed by atoms with Crippen LogP contribution >= 0.6 is 0 Å². The first-order valence-corrected chi connectivity index (χ1v) is 5.19. The molecule has 2 heterocycles. The number of nitro groups is 1. The second kappa shape index (κ2) is 4.70. The van der Waals surface area contributed by atoms with Crippen molar-refractivity contribution in [1.29, 1.82) is 0 Å². The lowest BCUT2D eigenvalue weighted by Gasteiger charge is -2.16. The maximum atomic E-state index is 11.0. The second-order valence-electron chi connectivity index (χ2n) is 3.85. The summed E-state index contributed by atoms with van der Waals surface area (Å²) < 4.78 is 4.82. The number of rotatable bonds is 3. The van der Waals surface area contributed by atoms with Gasteiger partial charge in [0.15, 0.2) is 0 Å². The van der Waals surface area contributed by atoms with Crippen LogP contribution < -0.4 is 9.64 Å². The van der Waals surface area contributed by atoms with Gasteiger partial charge in [-0.2, -0.15) is 4.98 Å². The number of aliphatic hydroxyl groups excluding tert-OH is 2. The molecule has 2 unspecified atom stereocenters. The normalized spacial score (nSPS) is 23.2. The molecule has 1 fully saturated rings. The summed E-state index contributed by atoms with van der Waals surface area (Å²) in [6.45, 7) is 0.143. The van der Waals surface area contributed by atoms with Gasteiger partial charge in [0.05, 0.1) is 24.2 Å². The average molecular weight is 256 g/mol. The molecule has 18 heavy (non-hydrogen) atoms. The van der Waals surface area contributed by atoms with Crippen LogP contribution in [0.3, 0.4) is 0 Å². The van der Waals surface area contributed by atoms with Crippen molar-refractivity contribution in [2.75, 3.05) is 25.1 Å². The predicted molar refractivity (Wildman–Crippen MR) is 59.5 cm³/mol. The fraction of sp³-hybridized carbons (Fsp3) is 0.556. The van der Waals surface area contributed by atoms with Gasteiger partial charge in [0, 0.05) is 13.1 Å². The van der Waals surface area contributed by atoms with Crippen LogP contribution in [0.5, 0.6) is 5.88 Å². The predicted octanol–water partition coefficient (Wildman–Crippen LogP) is -1.06. The van der Waals surface area contributed by atoms with E-state index in [2.05, 4.69) is 9.97 Å². The first-order valence-electron chi connectivity index (χ1n) is 5.19. The van der Waals surface area contributed by atoms with Gasteiger partial charge in [-0.3, -0.25) is 10.1 Å². The van der Waals surface area contributed by atoms with E-state index in [9.17, 15) is 20.3 Å². The van der Waals surface area contributed by atoms with E-state index >= 15 is 0 Å². The van der Waals surface area contributed by atoms with Crippen molar-refractivity contribution in [1.82, 2.24) is 9.97 Å². The van der Waals surface area contributed by atoms with Crippen molar-refractivity contribution in [2.45, 2.75) is 12.2 Å². The van der Waals surface area contributed by atoms with Crippen molar-refractivity contribution in [3.63, 3.8) is 0 Å². The monoisotopic (exact) mass is 256 g/mol. The molecule has 9 heteroatoms. The third kappa shape index (κ3) is 2.05. The highest BCUT2D eigenvalue weighted by Gasteiger charge is 2.36. The molecule has 9 nitrogen and oxygen atoms in total. The van der Waals surface area contributed by atoms with Crippen LogP contribution in [0.25, 0.3) is 0 Å². The summed E-state index contributed by atoms with van der Waals surface area (Å²) in [7, 11) is 1.27. The standard InChI is InChI=1S/C9H12N4O5/c1-18-9-7(13(16)17)8(10-4-11-9)12-2-5(14)6(15)3-12/h4-6,14-15H,2-3H2,1H3. The molecule has 0 bridgehead atoms. The Hall–Kier alpha value is -2.00. The number of anilines is 1. The Kier molecular flexibility index (Phi) is 3.26. The van der Waals surface area contributed by atoms with E-state index in [1.807, 2.05) is 0 Å². The Labute approximate surface area is 102 Å². The van der Waals surface area contributed by atoms with Crippen LogP contribution in [0.2, 0.25) is 0 Å². The molecule has 2 rings (SSSR count). The average Bonchev–Trinajstić information content (AvgIpc) is 2.68. The van der Waals surface area contributed by atoms with Crippen LogP contribution in [0.4, 0.5) is 11.5 Å². The fourth-order valence-electron chi connectivity index (χ4n) is 1.84. The number of nitrogens with zero attached hydrogens (tertiary/aromatic N) is 4. The Morgan fingerprint density at radius 2 is 2.06 bits per heavy atom. The zero-order chi connectivity index (χ0) is 13.3. The highest BCUT2D eigenvalue weighted by molar-refractivity contribution is 5.63. The van der Waals surface area contributed by atoms with Crippen LogP contribution in [0, 0.1) is 10.1 Å². The molecular weight excluding hydrogens is 244 g/mol. The summed E-state index contributed by atoms with van der Waals surface area (Å²) in [4.78, 5) is 19.3. The molecule has 1 saturated heterocycles. The maximum Gasteiger partial charge on any atom is 0.372 e. The lowest BCUT2D eigenvalue weighted by molar-refractivity contribution is -0.385. The third-order valence-electron chi connectivity index (χ3n) is 2.70. The van der Waals surface area contributed by atoms with Crippen molar-refractivity contribution >= 4 is 11.5 Å². The number of β-amino-alcohol motifs (C(OH)–C–C–N with tert-alkyl or cyclic N) is 2. The van der Waals surface area contributed by atoms with Gasteiger partial charge >= 0.3 is 5.69 Å². The Balaban J connectivity index is 2.42. The van der Waals surface area contributed by atoms with Crippen molar-refractivity contribution in [3.05, 3.63) is 16.4 Å². The summed E-state index contributed by atoms with van der Waals surface area (Å²) in [6.07, 6.45) is -0.769. The highest BCUT2D eigenvalue weighted by Crippen LogP contribution is 2.34. The molecule has 98 valence electrons. The third-order valence-corrected chi connectivity index (χ3v) is 2.70. The Morgan fingerprint density at radius 3 is 2.56 bits per heavy atom. The molecule has 1 aliphatic rings. The largest absolute Gasteiger partial charge is 0.476 e. The number of ether oxygens (including phenoxy) is 1. The summed E-state index contributed by atoms with van der Waals surface area (Å²) >= 11 is 0. The topological polar surface area (TPSA) is 122 Å². The van der Waals surface area contributed by atoms with E-state index in [-0.39, 0.29) is 30.5 Å². The molecule has 2 atom stereocenters. The van der Waals surface area contributed by atoms with E-state index in [1.54, 1.807) is 0 Å². The summed E-state index contributed by atoms with van der Waals surface area (Å²) in [6, 6.07) is 0. The first-order chi connectivity index (χ1) is 8.54. The van der Waals surface area contributed by atoms with E-state index in [0.717, 1.165) is 6.33 Å². The lowest BCUT2D eigenvalue weighted by Crippen LogP contribution is -2.23. The fourth-order valence-corrected chi connectivity index (χ4v) is 1.84. The first kappa shape index (κ1) is 12.5. The highest BCUT2D eigenvalue weighted by atomic mass is 16.6. The molecule has 0 aromatic carbocycles. The molecule has 0 aliphatic carbocycles. The van der Waals surface area contributed by atoms with Crippen LogP contribution in [0.1, 0.15) is 0 Å². The molecule has 0 radical (unpaired) electrons. The van der Waals surface area contributed by atoms with Crippen LogP contribution in [0.15, 0.2) is 6.33 Å². The zero-order valence-corrected chi connectivity index (χ0v) is 9.55. The molecule has 2 N–H and O–H groups in total. The number of methoxy groups -OCH3 is 1. The molecular formula is C9H12N4O5. The minimum Gasteiger partial charge on any atom is -0.476 e. The number of hydrogen-bond acceptors (Lipinski definition) is 8. The van der Waals surface area contributed by atoms with Gasteiger partial charge in [0.2, 0.25) is 5.82 Å². The molecule has 1 aromatic rings. The van der Waals surface area contributed by atoms with Gasteiger partial charge in [-0.15, -0.1) is 0 Å². The van der Waals surface area contributed by atoms with Gasteiger partial charge in [-0.1, -0.05) is 0 Å². The van der Waals surface area contributed by atoms with E-state index in [0.29, 0.717) is 0 Å². The zero-order valence-electron chi connectivity index (χ0n) is 9.55. The van der Waals surface area contributed by atoms with E-state index < -0.39 is 17.1 Å². The molecule has 1 aliphatic heterocycles.